The summed E-state index contributed by atoms with van der Waals surface area (Å²) in [5.41, 5.74) is 2.51. The van der Waals surface area contributed by atoms with Crippen LogP contribution in [0.5, 0.6) is 5.75 Å². The molecule has 0 aliphatic carbocycles. The smallest absolute Gasteiger partial charge is 0.337 e. The summed E-state index contributed by atoms with van der Waals surface area (Å²) < 4.78 is 5.80. The number of aryl methyl sites for hydroxylation is 1. The van der Waals surface area contributed by atoms with E-state index in [2.05, 4.69) is 29.6 Å². The molecule has 3 aromatic carbocycles. The highest BCUT2D eigenvalue weighted by molar-refractivity contribution is 6.33. The van der Waals surface area contributed by atoms with Crippen LogP contribution in [0.15, 0.2) is 78.9 Å². The SMILES string of the molecule is O=C(C=Cc1ccc(OCCCCCc2ccccc2)cc1)Nc1ccc(Cl)c(C(=O)O)c1. The Hall–Kier alpha value is -3.57. The van der Waals surface area contributed by atoms with Gasteiger partial charge in [-0.1, -0.05) is 54.1 Å². The molecule has 5 nitrogen and oxygen atoms in total. The molecule has 2 N–H and O–H groups in total. The van der Waals surface area contributed by atoms with Crippen LogP contribution >= 0.6 is 11.6 Å². The van der Waals surface area contributed by atoms with Crippen LogP contribution in [0.25, 0.3) is 6.08 Å². The van der Waals surface area contributed by atoms with Crippen molar-refractivity contribution in [3.05, 3.63) is 101 Å². The predicted molar refractivity (Wildman–Crippen MR) is 132 cm³/mol. The molecule has 0 aliphatic heterocycles. The van der Waals surface area contributed by atoms with Gasteiger partial charge >= 0.3 is 5.97 Å². The molecule has 0 saturated carbocycles. The van der Waals surface area contributed by atoms with Gasteiger partial charge in [-0.2, -0.15) is 0 Å². The first-order valence-corrected chi connectivity index (χ1v) is 11.2. The van der Waals surface area contributed by atoms with Gasteiger partial charge in [0.25, 0.3) is 0 Å². The maximum Gasteiger partial charge on any atom is 0.337 e. The molecule has 170 valence electrons. The number of aromatic carboxylic acids is 1. The number of nitrogens with one attached hydrogen (secondary N) is 1. The fraction of sp³-hybridized carbons (Fsp3) is 0.185. The first kappa shape index (κ1) is 24.1. The van der Waals surface area contributed by atoms with Crippen molar-refractivity contribution in [2.45, 2.75) is 25.7 Å². The molecule has 1 amide bonds. The standard InChI is InChI=1S/C27H26ClNO4/c28-25-16-13-22(19-24(25)27(31)32)29-26(30)17-12-21-10-14-23(15-11-21)33-18-6-2-5-9-20-7-3-1-4-8-20/h1,3-4,7-8,10-17,19H,2,5-6,9,18H2,(H,29,30)(H,31,32). The summed E-state index contributed by atoms with van der Waals surface area (Å²) in [6.45, 7) is 0.672. The summed E-state index contributed by atoms with van der Waals surface area (Å²) in [7, 11) is 0. The predicted octanol–water partition coefficient (Wildman–Crippen LogP) is 6.48. The Morgan fingerprint density at radius 1 is 0.939 bits per heavy atom. The number of carbonyl (C=O) groups is 2. The Labute approximate surface area is 198 Å². The van der Waals surface area contributed by atoms with Crippen LogP contribution in [-0.4, -0.2) is 23.6 Å². The fourth-order valence-corrected chi connectivity index (χ4v) is 3.44. The van der Waals surface area contributed by atoms with Gasteiger partial charge in [0.2, 0.25) is 5.91 Å². The van der Waals surface area contributed by atoms with Crippen molar-refractivity contribution in [1.29, 1.82) is 0 Å². The Bertz CT molecular complexity index is 1090. The second kappa shape index (κ2) is 12.5. The van der Waals surface area contributed by atoms with E-state index in [-0.39, 0.29) is 16.5 Å². The largest absolute Gasteiger partial charge is 0.494 e. The molecule has 3 aromatic rings. The number of amides is 1. The van der Waals surface area contributed by atoms with Crippen LogP contribution in [0.4, 0.5) is 5.69 Å². The van der Waals surface area contributed by atoms with Gasteiger partial charge in [-0.05, 0) is 73.2 Å². The number of benzene rings is 3. The molecule has 33 heavy (non-hydrogen) atoms. The number of hydrogen-bond acceptors (Lipinski definition) is 3. The highest BCUT2D eigenvalue weighted by Gasteiger charge is 2.10. The summed E-state index contributed by atoms with van der Waals surface area (Å²) in [4.78, 5) is 23.3. The molecule has 0 heterocycles. The zero-order valence-corrected chi connectivity index (χ0v) is 18.9. The average molecular weight is 464 g/mol. The van der Waals surface area contributed by atoms with Crippen molar-refractivity contribution in [1.82, 2.24) is 0 Å². The number of carboxylic acid groups (broad SMARTS) is 1. The van der Waals surface area contributed by atoms with E-state index in [1.54, 1.807) is 12.1 Å². The molecule has 0 bridgehead atoms. The van der Waals surface area contributed by atoms with E-state index in [9.17, 15) is 9.59 Å². The first-order valence-electron chi connectivity index (χ1n) is 10.8. The molecule has 0 saturated heterocycles. The maximum atomic E-state index is 12.1. The van der Waals surface area contributed by atoms with E-state index < -0.39 is 5.97 Å². The van der Waals surface area contributed by atoms with Crippen molar-refractivity contribution in [2.75, 3.05) is 11.9 Å². The fourth-order valence-electron chi connectivity index (χ4n) is 3.24. The van der Waals surface area contributed by atoms with Crippen LogP contribution in [0.2, 0.25) is 5.02 Å². The van der Waals surface area contributed by atoms with Gasteiger partial charge in [0.1, 0.15) is 5.75 Å². The Morgan fingerprint density at radius 2 is 1.70 bits per heavy atom. The highest BCUT2D eigenvalue weighted by atomic mass is 35.5. The molecule has 0 radical (unpaired) electrons. The van der Waals surface area contributed by atoms with Crippen molar-refractivity contribution >= 4 is 35.2 Å². The summed E-state index contributed by atoms with van der Waals surface area (Å²) >= 11 is 5.84. The van der Waals surface area contributed by atoms with E-state index in [4.69, 9.17) is 21.4 Å². The minimum Gasteiger partial charge on any atom is -0.494 e. The number of carbonyl (C=O) groups excluding carboxylic acids is 1. The maximum absolute atomic E-state index is 12.1. The van der Waals surface area contributed by atoms with Crippen LogP contribution in [0.1, 0.15) is 40.7 Å². The van der Waals surface area contributed by atoms with Gasteiger partial charge in [0.05, 0.1) is 17.2 Å². The number of rotatable bonds is 11. The monoisotopic (exact) mass is 463 g/mol. The molecular formula is C27H26ClNO4. The summed E-state index contributed by atoms with van der Waals surface area (Å²) in [6, 6.07) is 22.3. The molecule has 0 aromatic heterocycles. The Morgan fingerprint density at radius 3 is 2.42 bits per heavy atom. The second-order valence-corrected chi connectivity index (χ2v) is 7.94. The number of unbranched alkanes of at least 4 members (excludes halogenated alkanes) is 2. The molecule has 0 atom stereocenters. The number of halogens is 1. The first-order chi connectivity index (χ1) is 16.0. The van der Waals surface area contributed by atoms with E-state index in [0.29, 0.717) is 12.3 Å². The third kappa shape index (κ3) is 8.13. The number of carboxylic acids is 1. The molecule has 0 fully saturated rings. The molecule has 6 heteroatoms. The van der Waals surface area contributed by atoms with Crippen LogP contribution < -0.4 is 10.1 Å². The second-order valence-electron chi connectivity index (χ2n) is 7.54. The quantitative estimate of drug-likeness (QED) is 0.252. The molecular weight excluding hydrogens is 438 g/mol. The van der Waals surface area contributed by atoms with E-state index in [1.165, 1.54) is 23.8 Å². The molecule has 3 rings (SSSR count). The minimum absolute atomic E-state index is 0.0646. The number of anilines is 1. The van der Waals surface area contributed by atoms with Gasteiger partial charge in [0.15, 0.2) is 0 Å². The lowest BCUT2D eigenvalue weighted by Crippen LogP contribution is -2.09. The van der Waals surface area contributed by atoms with Crippen molar-refractivity contribution in [3.8, 4) is 5.75 Å². The van der Waals surface area contributed by atoms with E-state index in [1.807, 2.05) is 30.3 Å². The third-order valence-electron chi connectivity index (χ3n) is 4.99. The van der Waals surface area contributed by atoms with Gasteiger partial charge in [-0.25, -0.2) is 4.79 Å². The number of ether oxygens (including phenoxy) is 1. The van der Waals surface area contributed by atoms with Crippen molar-refractivity contribution in [2.24, 2.45) is 0 Å². The Kier molecular flexibility index (Phi) is 9.09. The van der Waals surface area contributed by atoms with Gasteiger partial charge in [-0.3, -0.25) is 4.79 Å². The lowest BCUT2D eigenvalue weighted by atomic mass is 10.1. The third-order valence-corrected chi connectivity index (χ3v) is 5.32. The zero-order valence-electron chi connectivity index (χ0n) is 18.2. The normalized spacial score (nSPS) is 10.8. The highest BCUT2D eigenvalue weighted by Crippen LogP contribution is 2.21. The van der Waals surface area contributed by atoms with Crippen LogP contribution in [0, 0.1) is 0 Å². The zero-order chi connectivity index (χ0) is 23.5. The minimum atomic E-state index is -1.15. The van der Waals surface area contributed by atoms with Crippen molar-refractivity contribution < 1.29 is 19.4 Å². The van der Waals surface area contributed by atoms with E-state index in [0.717, 1.165) is 37.0 Å². The summed E-state index contributed by atoms with van der Waals surface area (Å²) in [5.74, 6) is -0.729. The molecule has 0 unspecified atom stereocenters. The van der Waals surface area contributed by atoms with Gasteiger partial charge in [-0.15, -0.1) is 0 Å². The van der Waals surface area contributed by atoms with Crippen LogP contribution in [-0.2, 0) is 11.2 Å². The summed E-state index contributed by atoms with van der Waals surface area (Å²) in [5, 5.41) is 11.9. The summed E-state index contributed by atoms with van der Waals surface area (Å²) in [6.07, 6.45) is 7.42. The lowest BCUT2D eigenvalue weighted by Gasteiger charge is -2.07. The van der Waals surface area contributed by atoms with Crippen molar-refractivity contribution in [3.63, 3.8) is 0 Å². The average Bonchev–Trinajstić information content (AvgIpc) is 2.82. The van der Waals surface area contributed by atoms with Crippen LogP contribution in [0.3, 0.4) is 0 Å². The van der Waals surface area contributed by atoms with Gasteiger partial charge < -0.3 is 15.2 Å². The molecule has 0 aliphatic rings. The Balaban J connectivity index is 1.39. The topological polar surface area (TPSA) is 75.6 Å². The molecule has 0 spiro atoms. The van der Waals surface area contributed by atoms with Gasteiger partial charge in [0, 0.05) is 11.8 Å². The number of hydrogen-bond donors (Lipinski definition) is 2. The van der Waals surface area contributed by atoms with E-state index >= 15 is 0 Å². The lowest BCUT2D eigenvalue weighted by molar-refractivity contribution is -0.111.